The van der Waals surface area contributed by atoms with E-state index in [-0.39, 0.29) is 11.7 Å². The molecule has 0 fully saturated rings. The van der Waals surface area contributed by atoms with E-state index in [1.165, 1.54) is 0 Å². The maximum atomic E-state index is 13.9. The molecule has 0 saturated heterocycles. The number of carbonyl (C=O) groups is 2. The molecule has 3 aromatic rings. The Morgan fingerprint density at radius 2 is 1.47 bits per heavy atom. The highest BCUT2D eigenvalue weighted by molar-refractivity contribution is 6.38. The van der Waals surface area contributed by atoms with E-state index in [0.717, 1.165) is 16.7 Å². The number of rotatable bonds is 4. The van der Waals surface area contributed by atoms with Crippen molar-refractivity contribution < 1.29 is 19.1 Å². The van der Waals surface area contributed by atoms with Crippen molar-refractivity contribution in [2.75, 3.05) is 20.8 Å². The van der Waals surface area contributed by atoms with Crippen LogP contribution in [-0.2, 0) is 16.0 Å². The number of methoxy groups -OCH3 is 2. The van der Waals surface area contributed by atoms with Crippen LogP contribution in [0.4, 0.5) is 0 Å². The Balaban J connectivity index is 1.79. The highest BCUT2D eigenvalue weighted by Crippen LogP contribution is 2.46. The first-order valence-electron chi connectivity index (χ1n) is 10.6. The van der Waals surface area contributed by atoms with Gasteiger partial charge in [0.2, 0.25) is 5.91 Å². The Labute approximate surface area is 186 Å². The Morgan fingerprint density at radius 3 is 2.12 bits per heavy atom. The second kappa shape index (κ2) is 8.00. The lowest BCUT2D eigenvalue weighted by Crippen LogP contribution is -2.45. The van der Waals surface area contributed by atoms with E-state index in [4.69, 9.17) is 9.47 Å². The lowest BCUT2D eigenvalue weighted by molar-refractivity contribution is -0.134. The van der Waals surface area contributed by atoms with E-state index in [0.29, 0.717) is 41.3 Å². The number of ketones is 1. The van der Waals surface area contributed by atoms with Gasteiger partial charge in [-0.25, -0.2) is 0 Å². The SMILES string of the molecule is COc1cc2c(cc1OC)C1=C(c3ccccc3)C(=O)C(c3ccccc3)C(=O)N1CC2. The molecule has 1 amide bonds. The second-order valence-electron chi connectivity index (χ2n) is 7.90. The van der Waals surface area contributed by atoms with Crippen LogP contribution in [0.5, 0.6) is 11.5 Å². The van der Waals surface area contributed by atoms with Crippen LogP contribution >= 0.6 is 0 Å². The van der Waals surface area contributed by atoms with Crippen molar-refractivity contribution in [3.63, 3.8) is 0 Å². The minimum atomic E-state index is -0.850. The van der Waals surface area contributed by atoms with Crippen molar-refractivity contribution >= 4 is 23.0 Å². The number of ether oxygens (including phenoxy) is 2. The molecule has 0 spiro atoms. The molecule has 3 aromatic carbocycles. The average Bonchev–Trinajstić information content (AvgIpc) is 2.84. The third-order valence-electron chi connectivity index (χ3n) is 6.19. The van der Waals surface area contributed by atoms with Crippen molar-refractivity contribution in [2.24, 2.45) is 0 Å². The number of Topliss-reactive ketones (excluding diaryl/α,β-unsaturated/α-hetero) is 1. The van der Waals surface area contributed by atoms with Gasteiger partial charge in [-0.1, -0.05) is 60.7 Å². The molecule has 1 unspecified atom stereocenters. The molecule has 0 aromatic heterocycles. The van der Waals surface area contributed by atoms with Gasteiger partial charge < -0.3 is 14.4 Å². The quantitative estimate of drug-likeness (QED) is 0.584. The topological polar surface area (TPSA) is 55.8 Å². The van der Waals surface area contributed by atoms with Crippen LogP contribution in [0.15, 0.2) is 72.8 Å². The van der Waals surface area contributed by atoms with E-state index in [1.54, 1.807) is 19.1 Å². The Morgan fingerprint density at radius 1 is 0.844 bits per heavy atom. The highest BCUT2D eigenvalue weighted by Gasteiger charge is 2.44. The third-order valence-corrected chi connectivity index (χ3v) is 6.19. The molecule has 5 rings (SSSR count). The van der Waals surface area contributed by atoms with Gasteiger partial charge in [-0.2, -0.15) is 0 Å². The monoisotopic (exact) mass is 425 g/mol. The number of benzene rings is 3. The summed E-state index contributed by atoms with van der Waals surface area (Å²) >= 11 is 0. The van der Waals surface area contributed by atoms with Gasteiger partial charge in [0, 0.05) is 12.1 Å². The average molecular weight is 425 g/mol. The van der Waals surface area contributed by atoms with Crippen LogP contribution < -0.4 is 9.47 Å². The van der Waals surface area contributed by atoms with Gasteiger partial charge in [-0.15, -0.1) is 0 Å². The molecule has 160 valence electrons. The summed E-state index contributed by atoms with van der Waals surface area (Å²) in [5, 5.41) is 0. The molecule has 5 nitrogen and oxygen atoms in total. The van der Waals surface area contributed by atoms with Crippen LogP contribution in [0.25, 0.3) is 11.3 Å². The largest absolute Gasteiger partial charge is 0.493 e. The van der Waals surface area contributed by atoms with E-state index in [2.05, 4.69) is 0 Å². The molecule has 2 heterocycles. The Hall–Kier alpha value is -3.86. The summed E-state index contributed by atoms with van der Waals surface area (Å²) in [4.78, 5) is 29.3. The zero-order chi connectivity index (χ0) is 22.2. The maximum absolute atomic E-state index is 13.9. The molecule has 32 heavy (non-hydrogen) atoms. The van der Waals surface area contributed by atoms with Gasteiger partial charge in [0.1, 0.15) is 5.92 Å². The van der Waals surface area contributed by atoms with E-state index >= 15 is 0 Å². The lowest BCUT2D eigenvalue weighted by atomic mass is 9.78. The first kappa shape index (κ1) is 20.1. The molecule has 0 bridgehead atoms. The number of nitrogens with zero attached hydrogens (tertiary/aromatic N) is 1. The lowest BCUT2D eigenvalue weighted by Gasteiger charge is -2.39. The Bertz CT molecular complexity index is 1230. The maximum Gasteiger partial charge on any atom is 0.242 e. The van der Waals surface area contributed by atoms with E-state index < -0.39 is 5.92 Å². The van der Waals surface area contributed by atoms with Crippen LogP contribution in [-0.4, -0.2) is 37.4 Å². The van der Waals surface area contributed by atoms with Crippen molar-refractivity contribution in [3.8, 4) is 11.5 Å². The van der Waals surface area contributed by atoms with Gasteiger partial charge in [0.05, 0.1) is 25.5 Å². The fourth-order valence-electron chi connectivity index (χ4n) is 4.68. The van der Waals surface area contributed by atoms with Crippen molar-refractivity contribution in [1.82, 2.24) is 4.90 Å². The normalized spacial score (nSPS) is 17.7. The second-order valence-corrected chi connectivity index (χ2v) is 7.90. The van der Waals surface area contributed by atoms with Crippen LogP contribution in [0.1, 0.15) is 28.2 Å². The molecule has 2 aliphatic heterocycles. The van der Waals surface area contributed by atoms with E-state index in [1.807, 2.05) is 72.8 Å². The summed E-state index contributed by atoms with van der Waals surface area (Å²) < 4.78 is 11.0. The summed E-state index contributed by atoms with van der Waals surface area (Å²) in [6.07, 6.45) is 0.669. The number of hydrogen-bond acceptors (Lipinski definition) is 4. The minimum absolute atomic E-state index is 0.179. The predicted octanol–water partition coefficient (Wildman–Crippen LogP) is 4.32. The van der Waals surface area contributed by atoms with Gasteiger partial charge in [0.15, 0.2) is 17.3 Å². The van der Waals surface area contributed by atoms with Crippen LogP contribution in [0.2, 0.25) is 0 Å². The molecular weight excluding hydrogens is 402 g/mol. The third kappa shape index (κ3) is 3.09. The molecule has 1 atom stereocenters. The first-order chi connectivity index (χ1) is 15.6. The summed E-state index contributed by atoms with van der Waals surface area (Å²) in [5.41, 5.74) is 4.59. The molecule has 0 aliphatic carbocycles. The summed E-state index contributed by atoms with van der Waals surface area (Å²) in [6.45, 7) is 0.504. The fourth-order valence-corrected chi connectivity index (χ4v) is 4.68. The number of fused-ring (bicyclic) bond motifs is 3. The van der Waals surface area contributed by atoms with Crippen LogP contribution in [0.3, 0.4) is 0 Å². The molecule has 0 N–H and O–H groups in total. The number of carbonyl (C=O) groups excluding carboxylic acids is 2. The molecular formula is C27H23NO4. The minimum Gasteiger partial charge on any atom is -0.493 e. The van der Waals surface area contributed by atoms with Gasteiger partial charge in [-0.05, 0) is 35.2 Å². The zero-order valence-electron chi connectivity index (χ0n) is 18.0. The number of hydrogen-bond donors (Lipinski definition) is 0. The molecule has 0 radical (unpaired) electrons. The number of allylic oxidation sites excluding steroid dienone is 1. The smallest absolute Gasteiger partial charge is 0.242 e. The first-order valence-corrected chi connectivity index (χ1v) is 10.6. The van der Waals surface area contributed by atoms with E-state index in [9.17, 15) is 9.59 Å². The summed E-state index contributed by atoms with van der Waals surface area (Å²) in [7, 11) is 3.19. The summed E-state index contributed by atoms with van der Waals surface area (Å²) in [6, 6.07) is 22.7. The van der Waals surface area contributed by atoms with Crippen molar-refractivity contribution in [2.45, 2.75) is 12.3 Å². The summed E-state index contributed by atoms with van der Waals surface area (Å²) in [5.74, 6) is -0.00951. The highest BCUT2D eigenvalue weighted by atomic mass is 16.5. The molecule has 0 saturated carbocycles. The Kier molecular flexibility index (Phi) is 5.02. The predicted molar refractivity (Wildman–Crippen MR) is 122 cm³/mol. The van der Waals surface area contributed by atoms with Crippen LogP contribution in [0, 0.1) is 0 Å². The van der Waals surface area contributed by atoms with Gasteiger partial charge in [0.25, 0.3) is 0 Å². The van der Waals surface area contributed by atoms with Gasteiger partial charge >= 0.3 is 0 Å². The van der Waals surface area contributed by atoms with Gasteiger partial charge in [-0.3, -0.25) is 9.59 Å². The number of amides is 1. The fraction of sp³-hybridized carbons (Fsp3) is 0.185. The standard InChI is InChI=1S/C27H23NO4/c1-31-21-15-19-13-14-28-25(20(19)16-22(21)32-2)23(17-9-5-3-6-10-17)26(29)24(27(28)30)18-11-7-4-8-12-18/h3-12,15-16,24H,13-14H2,1-2H3. The molecule has 5 heteroatoms. The van der Waals surface area contributed by atoms with Crippen molar-refractivity contribution in [3.05, 3.63) is 95.1 Å². The van der Waals surface area contributed by atoms with Crippen molar-refractivity contribution in [1.29, 1.82) is 0 Å². The zero-order valence-corrected chi connectivity index (χ0v) is 18.0. The molecule has 2 aliphatic rings.